The van der Waals surface area contributed by atoms with Gasteiger partial charge in [0.25, 0.3) is 0 Å². The molecule has 24 heavy (non-hydrogen) atoms. The van der Waals surface area contributed by atoms with Crippen LogP contribution in [0.1, 0.15) is 6.92 Å². The predicted molar refractivity (Wildman–Crippen MR) is 81.4 cm³/mol. The Hall–Kier alpha value is -2.97. The van der Waals surface area contributed by atoms with Crippen LogP contribution < -0.4 is 10.1 Å². The molecule has 0 radical (unpaired) electrons. The number of benzene rings is 1. The molecule has 0 spiro atoms. The summed E-state index contributed by atoms with van der Waals surface area (Å²) in [5, 5.41) is 13.7. The number of fused-ring (bicyclic) bond motifs is 1. The van der Waals surface area contributed by atoms with E-state index in [0.29, 0.717) is 29.1 Å². The topological polar surface area (TPSA) is 72.2 Å². The Balaban J connectivity index is 1.95. The number of hydrogen-bond donors (Lipinski definition) is 2. The lowest BCUT2D eigenvalue weighted by molar-refractivity contribution is -0.274. The van der Waals surface area contributed by atoms with Crippen LogP contribution in [0.3, 0.4) is 0 Å². The average Bonchev–Trinajstić information content (AvgIpc) is 2.83. The molecule has 0 aliphatic carbocycles. The van der Waals surface area contributed by atoms with Gasteiger partial charge in [-0.15, -0.1) is 13.2 Å². The van der Waals surface area contributed by atoms with Crippen LogP contribution in [0.25, 0.3) is 16.6 Å². The Labute approximate surface area is 134 Å². The number of nitrogens with zero attached hydrogens (tertiary/aromatic N) is 3. The van der Waals surface area contributed by atoms with Crippen LogP contribution in [0.15, 0.2) is 36.7 Å². The van der Waals surface area contributed by atoms with Crippen molar-refractivity contribution in [3.05, 3.63) is 36.7 Å². The Bertz CT molecular complexity index is 860. The van der Waals surface area contributed by atoms with E-state index in [2.05, 4.69) is 20.0 Å². The predicted octanol–water partition coefficient (Wildman–Crippen LogP) is 3.46. The van der Waals surface area contributed by atoms with Gasteiger partial charge >= 0.3 is 6.36 Å². The summed E-state index contributed by atoms with van der Waals surface area (Å²) < 4.78 is 41.8. The summed E-state index contributed by atoms with van der Waals surface area (Å²) in [7, 11) is 0. The second-order valence-electron chi connectivity index (χ2n) is 4.89. The molecule has 0 saturated heterocycles. The van der Waals surface area contributed by atoms with Crippen LogP contribution in [-0.2, 0) is 0 Å². The van der Waals surface area contributed by atoms with Gasteiger partial charge in [-0.25, -0.2) is 9.97 Å². The van der Waals surface area contributed by atoms with Gasteiger partial charge in [-0.05, 0) is 31.2 Å². The number of aromatic hydroxyl groups is 1. The highest BCUT2D eigenvalue weighted by atomic mass is 19.4. The Morgan fingerprint density at radius 2 is 1.96 bits per heavy atom. The van der Waals surface area contributed by atoms with Gasteiger partial charge in [0.1, 0.15) is 5.75 Å². The SMILES string of the molecule is CCNc1ncc2c(O)n(-c3ccc(OC(F)(F)F)cc3)cc2n1. The molecule has 9 heteroatoms. The van der Waals surface area contributed by atoms with Gasteiger partial charge in [0.2, 0.25) is 11.8 Å². The van der Waals surface area contributed by atoms with Gasteiger partial charge in [0, 0.05) is 24.6 Å². The van der Waals surface area contributed by atoms with E-state index in [0.717, 1.165) is 0 Å². The largest absolute Gasteiger partial charge is 0.573 e. The summed E-state index contributed by atoms with van der Waals surface area (Å²) in [6.07, 6.45) is -1.69. The highest BCUT2D eigenvalue weighted by Crippen LogP contribution is 2.30. The summed E-state index contributed by atoms with van der Waals surface area (Å²) >= 11 is 0. The normalized spacial score (nSPS) is 11.7. The molecule has 3 rings (SSSR count). The molecule has 0 amide bonds. The fraction of sp³-hybridized carbons (Fsp3) is 0.200. The smallest absolute Gasteiger partial charge is 0.494 e. The highest BCUT2D eigenvalue weighted by Gasteiger charge is 2.31. The fourth-order valence-corrected chi connectivity index (χ4v) is 2.23. The molecular weight excluding hydrogens is 325 g/mol. The lowest BCUT2D eigenvalue weighted by atomic mass is 10.3. The third-order valence-corrected chi connectivity index (χ3v) is 3.22. The molecule has 2 N–H and O–H groups in total. The monoisotopic (exact) mass is 338 g/mol. The standard InChI is InChI=1S/C15H13F3N4O2/c1-2-19-14-20-7-11-12(21-14)8-22(13(11)23)9-3-5-10(6-4-9)24-15(16,17)18/h3-8,23H,2H2,1H3,(H,19,21). The summed E-state index contributed by atoms with van der Waals surface area (Å²) in [6.45, 7) is 2.56. The van der Waals surface area contributed by atoms with E-state index < -0.39 is 6.36 Å². The van der Waals surface area contributed by atoms with Crippen molar-refractivity contribution in [1.29, 1.82) is 0 Å². The van der Waals surface area contributed by atoms with Crippen LogP contribution in [0.5, 0.6) is 11.6 Å². The van der Waals surface area contributed by atoms with E-state index in [-0.39, 0.29) is 11.6 Å². The van der Waals surface area contributed by atoms with E-state index in [1.165, 1.54) is 35.0 Å². The first-order chi connectivity index (χ1) is 11.4. The minimum absolute atomic E-state index is 0.0995. The third kappa shape index (κ3) is 3.19. The number of alkyl halides is 3. The van der Waals surface area contributed by atoms with Crippen molar-refractivity contribution in [3.8, 4) is 17.3 Å². The lowest BCUT2D eigenvalue weighted by Gasteiger charge is -2.10. The number of nitrogens with one attached hydrogen (secondary N) is 1. The number of hydrogen-bond acceptors (Lipinski definition) is 5. The van der Waals surface area contributed by atoms with Gasteiger partial charge < -0.3 is 15.2 Å². The maximum absolute atomic E-state index is 12.2. The minimum Gasteiger partial charge on any atom is -0.494 e. The number of rotatable bonds is 4. The molecule has 0 aliphatic rings. The molecule has 0 fully saturated rings. The van der Waals surface area contributed by atoms with Gasteiger partial charge in [-0.2, -0.15) is 0 Å². The van der Waals surface area contributed by atoms with Crippen molar-refractivity contribution in [1.82, 2.24) is 14.5 Å². The second kappa shape index (κ2) is 5.91. The van der Waals surface area contributed by atoms with Crippen LogP contribution in [0.2, 0.25) is 0 Å². The maximum Gasteiger partial charge on any atom is 0.573 e. The van der Waals surface area contributed by atoms with Crippen molar-refractivity contribution in [2.75, 3.05) is 11.9 Å². The van der Waals surface area contributed by atoms with Gasteiger partial charge in [-0.3, -0.25) is 4.57 Å². The van der Waals surface area contributed by atoms with Crippen LogP contribution >= 0.6 is 0 Å². The van der Waals surface area contributed by atoms with E-state index in [4.69, 9.17) is 0 Å². The fourth-order valence-electron chi connectivity index (χ4n) is 2.23. The molecule has 2 heterocycles. The molecule has 0 aliphatic heterocycles. The summed E-state index contributed by atoms with van der Waals surface area (Å²) in [6, 6.07) is 5.14. The van der Waals surface area contributed by atoms with Crippen LogP contribution in [0, 0.1) is 0 Å². The number of aromatic nitrogens is 3. The number of anilines is 1. The Kier molecular flexibility index (Phi) is 3.92. The van der Waals surface area contributed by atoms with Gasteiger partial charge in [-0.1, -0.05) is 0 Å². The molecule has 6 nitrogen and oxygen atoms in total. The Morgan fingerprint density at radius 3 is 2.58 bits per heavy atom. The molecule has 1 aromatic carbocycles. The number of halogens is 3. The van der Waals surface area contributed by atoms with Gasteiger partial charge in [0.05, 0.1) is 10.9 Å². The van der Waals surface area contributed by atoms with Crippen molar-refractivity contribution in [2.45, 2.75) is 13.3 Å². The van der Waals surface area contributed by atoms with Gasteiger partial charge in [0.15, 0.2) is 0 Å². The van der Waals surface area contributed by atoms with E-state index in [1.54, 1.807) is 6.20 Å². The van der Waals surface area contributed by atoms with Crippen molar-refractivity contribution < 1.29 is 23.0 Å². The summed E-state index contributed by atoms with van der Waals surface area (Å²) in [5.41, 5.74) is 0.971. The number of ether oxygens (including phenoxy) is 1. The zero-order chi connectivity index (χ0) is 17.3. The molecule has 2 aromatic heterocycles. The zero-order valence-corrected chi connectivity index (χ0v) is 12.5. The molecule has 0 unspecified atom stereocenters. The van der Waals surface area contributed by atoms with Crippen molar-refractivity contribution in [2.24, 2.45) is 0 Å². The van der Waals surface area contributed by atoms with Crippen molar-refractivity contribution in [3.63, 3.8) is 0 Å². The van der Waals surface area contributed by atoms with E-state index >= 15 is 0 Å². The van der Waals surface area contributed by atoms with E-state index in [9.17, 15) is 18.3 Å². The third-order valence-electron chi connectivity index (χ3n) is 3.22. The summed E-state index contributed by atoms with van der Waals surface area (Å²) in [4.78, 5) is 8.34. The molecule has 126 valence electrons. The maximum atomic E-state index is 12.2. The quantitative estimate of drug-likeness (QED) is 0.762. The lowest BCUT2D eigenvalue weighted by Crippen LogP contribution is -2.17. The Morgan fingerprint density at radius 1 is 1.25 bits per heavy atom. The first-order valence-electron chi connectivity index (χ1n) is 7.04. The molecule has 0 atom stereocenters. The molecule has 3 aromatic rings. The second-order valence-corrected chi connectivity index (χ2v) is 4.89. The minimum atomic E-state index is -4.75. The first kappa shape index (κ1) is 15.9. The molecule has 0 saturated carbocycles. The van der Waals surface area contributed by atoms with E-state index in [1.807, 2.05) is 6.92 Å². The van der Waals surface area contributed by atoms with Crippen LogP contribution in [0.4, 0.5) is 19.1 Å². The zero-order valence-electron chi connectivity index (χ0n) is 12.5. The highest BCUT2D eigenvalue weighted by molar-refractivity contribution is 5.85. The summed E-state index contributed by atoms with van der Waals surface area (Å²) in [5.74, 6) is -0.00899. The van der Waals surface area contributed by atoms with Crippen molar-refractivity contribution >= 4 is 16.9 Å². The first-order valence-corrected chi connectivity index (χ1v) is 7.04. The van der Waals surface area contributed by atoms with Crippen LogP contribution in [-0.4, -0.2) is 32.5 Å². The average molecular weight is 338 g/mol. The molecular formula is C15H13F3N4O2. The molecule has 0 bridgehead atoms.